The van der Waals surface area contributed by atoms with Crippen LogP contribution in [-0.2, 0) is 21.2 Å². The van der Waals surface area contributed by atoms with Crippen molar-refractivity contribution in [2.24, 2.45) is 5.92 Å². The Labute approximate surface area is 185 Å². The number of nitrogens with zero attached hydrogens (tertiary/aromatic N) is 2. The molecule has 1 aromatic carbocycles. The highest BCUT2D eigenvalue weighted by atomic mass is 35.5. The van der Waals surface area contributed by atoms with Gasteiger partial charge in [0.05, 0.1) is 16.0 Å². The summed E-state index contributed by atoms with van der Waals surface area (Å²) in [6.45, 7) is 3.35. The Morgan fingerprint density at radius 3 is 2.63 bits per heavy atom. The zero-order valence-corrected chi connectivity index (χ0v) is 19.1. The number of halogens is 2. The third-order valence-electron chi connectivity index (χ3n) is 6.10. The van der Waals surface area contributed by atoms with Gasteiger partial charge >= 0.3 is 0 Å². The molecule has 1 saturated heterocycles. The van der Waals surface area contributed by atoms with Crippen molar-refractivity contribution in [1.29, 1.82) is 0 Å². The number of hydrogen-bond donors (Lipinski definition) is 0. The van der Waals surface area contributed by atoms with Gasteiger partial charge in [-0.05, 0) is 60.9 Å². The molecule has 30 heavy (non-hydrogen) atoms. The van der Waals surface area contributed by atoms with Crippen LogP contribution in [0.4, 0.5) is 4.39 Å². The molecular weight excluding hydrogens is 447 g/mol. The average Bonchev–Trinajstić information content (AvgIpc) is 3.23. The fourth-order valence-electron chi connectivity index (χ4n) is 4.46. The van der Waals surface area contributed by atoms with Gasteiger partial charge in [0.2, 0.25) is 15.9 Å². The number of amides is 1. The van der Waals surface area contributed by atoms with Crippen molar-refractivity contribution in [3.8, 4) is 0 Å². The molecule has 0 bridgehead atoms. The highest BCUT2D eigenvalue weighted by molar-refractivity contribution is 7.89. The first-order chi connectivity index (χ1) is 14.3. The number of piperidine rings is 1. The van der Waals surface area contributed by atoms with E-state index >= 15 is 0 Å². The van der Waals surface area contributed by atoms with Gasteiger partial charge in [-0.2, -0.15) is 4.31 Å². The molecular formula is C21H24ClFN2O3S2. The van der Waals surface area contributed by atoms with Gasteiger partial charge < -0.3 is 4.90 Å². The Morgan fingerprint density at radius 1 is 1.23 bits per heavy atom. The van der Waals surface area contributed by atoms with Gasteiger partial charge in [0, 0.05) is 30.4 Å². The molecule has 0 radical (unpaired) electrons. The lowest BCUT2D eigenvalue weighted by molar-refractivity contribution is -0.139. The molecule has 2 aromatic rings. The quantitative estimate of drug-likeness (QED) is 0.662. The Hall–Kier alpha value is -1.48. The maximum Gasteiger partial charge on any atom is 0.243 e. The summed E-state index contributed by atoms with van der Waals surface area (Å²) < 4.78 is 40.5. The molecule has 1 atom stereocenters. The summed E-state index contributed by atoms with van der Waals surface area (Å²) in [5.74, 6) is -0.705. The molecule has 1 amide bonds. The predicted octanol–water partition coefficient (Wildman–Crippen LogP) is 4.48. The monoisotopic (exact) mass is 470 g/mol. The number of sulfonamides is 1. The van der Waals surface area contributed by atoms with Crippen LogP contribution in [0.5, 0.6) is 0 Å². The number of fused-ring (bicyclic) bond motifs is 1. The molecule has 1 fully saturated rings. The minimum absolute atomic E-state index is 0.0225. The van der Waals surface area contributed by atoms with Crippen LogP contribution in [0, 0.1) is 11.7 Å². The van der Waals surface area contributed by atoms with E-state index in [1.54, 1.807) is 11.3 Å². The zero-order valence-electron chi connectivity index (χ0n) is 16.7. The molecule has 0 N–H and O–H groups in total. The van der Waals surface area contributed by atoms with E-state index in [1.807, 2.05) is 4.90 Å². The van der Waals surface area contributed by atoms with E-state index in [0.717, 1.165) is 31.5 Å². The molecule has 9 heteroatoms. The van der Waals surface area contributed by atoms with Gasteiger partial charge in [-0.3, -0.25) is 4.79 Å². The fraction of sp³-hybridized carbons (Fsp3) is 0.476. The molecule has 162 valence electrons. The van der Waals surface area contributed by atoms with E-state index in [0.29, 0.717) is 12.8 Å². The number of rotatable bonds is 4. The molecule has 2 aliphatic heterocycles. The Balaban J connectivity index is 1.44. The first-order valence-electron chi connectivity index (χ1n) is 10.1. The number of thiophene rings is 1. The highest BCUT2D eigenvalue weighted by Gasteiger charge is 2.37. The molecule has 1 aromatic heterocycles. The average molecular weight is 471 g/mol. The van der Waals surface area contributed by atoms with Crippen molar-refractivity contribution < 1.29 is 17.6 Å². The highest BCUT2D eigenvalue weighted by Crippen LogP contribution is 2.37. The minimum Gasteiger partial charge on any atom is -0.335 e. The van der Waals surface area contributed by atoms with Crippen LogP contribution in [0.3, 0.4) is 0 Å². The van der Waals surface area contributed by atoms with Crippen LogP contribution in [0.1, 0.15) is 42.7 Å². The lowest BCUT2D eigenvalue weighted by atomic mass is 9.92. The van der Waals surface area contributed by atoms with Gasteiger partial charge in [0.25, 0.3) is 0 Å². The van der Waals surface area contributed by atoms with Crippen molar-refractivity contribution in [1.82, 2.24) is 9.21 Å². The normalized spacial score (nSPS) is 20.9. The third kappa shape index (κ3) is 3.90. The molecule has 0 saturated carbocycles. The first kappa shape index (κ1) is 21.7. The SMILES string of the molecule is CCC1c2ccsc2CCN1C(=O)C1CCN(S(=O)(=O)c2ccc(F)c(Cl)c2)CC1. The van der Waals surface area contributed by atoms with E-state index in [-0.39, 0.29) is 40.9 Å². The van der Waals surface area contributed by atoms with Crippen LogP contribution in [0.2, 0.25) is 5.02 Å². The number of hydrogen-bond acceptors (Lipinski definition) is 4. The lowest BCUT2D eigenvalue weighted by Gasteiger charge is -2.39. The second-order valence-corrected chi connectivity index (χ2v) is 11.1. The molecule has 3 heterocycles. The third-order valence-corrected chi connectivity index (χ3v) is 9.28. The largest absolute Gasteiger partial charge is 0.335 e. The Kier molecular flexibility index (Phi) is 6.21. The molecule has 5 nitrogen and oxygen atoms in total. The van der Waals surface area contributed by atoms with Crippen molar-refractivity contribution in [3.05, 3.63) is 50.9 Å². The summed E-state index contributed by atoms with van der Waals surface area (Å²) in [6.07, 6.45) is 2.72. The van der Waals surface area contributed by atoms with E-state index in [9.17, 15) is 17.6 Å². The zero-order chi connectivity index (χ0) is 21.5. The second kappa shape index (κ2) is 8.57. The molecule has 1 unspecified atom stereocenters. The first-order valence-corrected chi connectivity index (χ1v) is 12.8. The molecule has 0 aliphatic carbocycles. The Bertz CT molecular complexity index is 1050. The van der Waals surface area contributed by atoms with Crippen molar-refractivity contribution in [2.45, 2.75) is 43.5 Å². The van der Waals surface area contributed by atoms with Crippen LogP contribution in [0.15, 0.2) is 34.5 Å². The van der Waals surface area contributed by atoms with Crippen LogP contribution in [-0.4, -0.2) is 43.2 Å². The van der Waals surface area contributed by atoms with E-state index in [1.165, 1.54) is 20.8 Å². The molecule has 2 aliphatic rings. The fourth-order valence-corrected chi connectivity index (χ4v) is 7.13. The van der Waals surface area contributed by atoms with Gasteiger partial charge in [0.1, 0.15) is 5.82 Å². The number of carbonyl (C=O) groups is 1. The topological polar surface area (TPSA) is 57.7 Å². The summed E-state index contributed by atoms with van der Waals surface area (Å²) in [7, 11) is -3.76. The summed E-state index contributed by atoms with van der Waals surface area (Å²) in [4.78, 5) is 16.6. The summed E-state index contributed by atoms with van der Waals surface area (Å²) >= 11 is 7.51. The van der Waals surface area contributed by atoms with Gasteiger partial charge in [-0.1, -0.05) is 18.5 Å². The Morgan fingerprint density at radius 2 is 1.97 bits per heavy atom. The smallest absolute Gasteiger partial charge is 0.243 e. The summed E-state index contributed by atoms with van der Waals surface area (Å²) in [6, 6.07) is 5.66. The van der Waals surface area contributed by atoms with E-state index in [2.05, 4.69) is 18.4 Å². The number of benzene rings is 1. The van der Waals surface area contributed by atoms with Gasteiger partial charge in [-0.25, -0.2) is 12.8 Å². The number of carbonyl (C=O) groups excluding carboxylic acids is 1. The predicted molar refractivity (Wildman–Crippen MR) is 116 cm³/mol. The van der Waals surface area contributed by atoms with Gasteiger partial charge in [-0.15, -0.1) is 11.3 Å². The maximum atomic E-state index is 13.4. The lowest BCUT2D eigenvalue weighted by Crippen LogP contribution is -2.47. The summed E-state index contributed by atoms with van der Waals surface area (Å²) in [5.41, 5.74) is 1.26. The maximum absolute atomic E-state index is 13.4. The second-order valence-electron chi connectivity index (χ2n) is 7.76. The minimum atomic E-state index is -3.76. The van der Waals surface area contributed by atoms with Crippen molar-refractivity contribution in [2.75, 3.05) is 19.6 Å². The van der Waals surface area contributed by atoms with Crippen molar-refractivity contribution in [3.63, 3.8) is 0 Å². The summed E-state index contributed by atoms with van der Waals surface area (Å²) in [5, 5.41) is 1.87. The van der Waals surface area contributed by atoms with Crippen LogP contribution >= 0.6 is 22.9 Å². The van der Waals surface area contributed by atoms with E-state index < -0.39 is 15.8 Å². The van der Waals surface area contributed by atoms with Crippen LogP contribution in [0.25, 0.3) is 0 Å². The standard InChI is InChI=1S/C21H24ClFN2O3S2/c1-2-19-16-8-12-29-20(16)7-11-25(19)21(26)14-5-9-24(10-6-14)30(27,28)15-3-4-18(23)17(22)13-15/h3-4,8,12-14,19H,2,5-7,9-11H2,1H3. The van der Waals surface area contributed by atoms with Gasteiger partial charge in [0.15, 0.2) is 0 Å². The van der Waals surface area contributed by atoms with Crippen LogP contribution < -0.4 is 0 Å². The molecule has 4 rings (SSSR count). The molecule has 0 spiro atoms. The van der Waals surface area contributed by atoms with E-state index in [4.69, 9.17) is 11.6 Å². The van der Waals surface area contributed by atoms with Crippen molar-refractivity contribution >= 4 is 38.9 Å².